The number of anilines is 1. The highest BCUT2D eigenvalue weighted by molar-refractivity contribution is 6.36. The van der Waals surface area contributed by atoms with Crippen LogP contribution in [0.15, 0.2) is 83.9 Å². The van der Waals surface area contributed by atoms with E-state index in [0.717, 1.165) is 22.5 Å². The van der Waals surface area contributed by atoms with E-state index in [-0.39, 0.29) is 5.91 Å². The van der Waals surface area contributed by atoms with E-state index in [0.29, 0.717) is 11.4 Å². The van der Waals surface area contributed by atoms with Crippen LogP contribution in [0.25, 0.3) is 0 Å². The highest BCUT2D eigenvalue weighted by Crippen LogP contribution is 2.30. The minimum atomic E-state index is -0.0378. The quantitative estimate of drug-likeness (QED) is 0.673. The molecule has 0 spiro atoms. The number of amides is 1. The first-order valence-electron chi connectivity index (χ1n) is 7.88. The number of benzene rings is 3. The number of nitrogens with zero attached hydrogens (tertiary/aromatic N) is 2. The van der Waals surface area contributed by atoms with Crippen LogP contribution < -0.4 is 4.90 Å². The Kier molecular flexibility index (Phi) is 3.47. The third kappa shape index (κ3) is 2.40. The van der Waals surface area contributed by atoms with Crippen LogP contribution >= 0.6 is 0 Å². The van der Waals surface area contributed by atoms with Crippen LogP contribution in [0.5, 0.6) is 0 Å². The van der Waals surface area contributed by atoms with Crippen molar-refractivity contribution in [1.29, 1.82) is 0 Å². The zero-order chi connectivity index (χ0) is 16.5. The topological polar surface area (TPSA) is 32.7 Å². The summed E-state index contributed by atoms with van der Waals surface area (Å²) in [7, 11) is 0. The molecule has 3 heteroatoms. The molecule has 0 atom stereocenters. The monoisotopic (exact) mass is 312 g/mol. The van der Waals surface area contributed by atoms with Crippen molar-refractivity contribution in [2.45, 2.75) is 6.92 Å². The van der Waals surface area contributed by atoms with Gasteiger partial charge < -0.3 is 0 Å². The van der Waals surface area contributed by atoms with E-state index in [2.05, 4.69) is 0 Å². The molecule has 24 heavy (non-hydrogen) atoms. The first kappa shape index (κ1) is 14.4. The lowest BCUT2D eigenvalue weighted by Gasteiger charge is -2.17. The van der Waals surface area contributed by atoms with Crippen molar-refractivity contribution in [3.8, 4) is 0 Å². The summed E-state index contributed by atoms with van der Waals surface area (Å²) in [5.74, 6) is 0.634. The minimum absolute atomic E-state index is 0.0378. The standard InChI is InChI=1S/C21H16N2O/c1-15-11-13-17(14-12-15)23-20(22-16-7-3-2-4-8-16)18-9-5-6-10-19(18)21(23)24/h2-14H,1H3. The van der Waals surface area contributed by atoms with Crippen molar-refractivity contribution < 1.29 is 4.79 Å². The molecule has 116 valence electrons. The van der Waals surface area contributed by atoms with Gasteiger partial charge in [-0.25, -0.2) is 4.99 Å². The molecular weight excluding hydrogens is 296 g/mol. The summed E-state index contributed by atoms with van der Waals surface area (Å²) in [6.07, 6.45) is 0. The van der Waals surface area contributed by atoms with Gasteiger partial charge in [0, 0.05) is 5.56 Å². The fourth-order valence-electron chi connectivity index (χ4n) is 2.87. The Labute approximate surface area is 140 Å². The van der Waals surface area contributed by atoms with Gasteiger partial charge in [-0.3, -0.25) is 9.69 Å². The Balaban J connectivity index is 1.90. The molecule has 0 fully saturated rings. The molecule has 0 bridgehead atoms. The van der Waals surface area contributed by atoms with Gasteiger partial charge in [-0.15, -0.1) is 0 Å². The zero-order valence-electron chi connectivity index (χ0n) is 13.3. The summed E-state index contributed by atoms with van der Waals surface area (Å²) in [6, 6.07) is 25.3. The number of para-hydroxylation sites is 1. The molecule has 4 rings (SSSR count). The molecule has 0 unspecified atom stereocenters. The molecule has 0 radical (unpaired) electrons. The third-order valence-electron chi connectivity index (χ3n) is 4.10. The number of aliphatic imine (C=N–C) groups is 1. The van der Waals surface area contributed by atoms with E-state index >= 15 is 0 Å². The average molecular weight is 312 g/mol. The molecule has 0 aromatic heterocycles. The van der Waals surface area contributed by atoms with E-state index in [4.69, 9.17) is 4.99 Å². The van der Waals surface area contributed by atoms with Crippen molar-refractivity contribution in [3.05, 3.63) is 95.6 Å². The maximum Gasteiger partial charge on any atom is 0.264 e. The Morgan fingerprint density at radius 1 is 0.750 bits per heavy atom. The molecule has 1 aliphatic rings. The number of hydrogen-bond donors (Lipinski definition) is 0. The van der Waals surface area contributed by atoms with Crippen LogP contribution in [-0.2, 0) is 0 Å². The van der Waals surface area contributed by atoms with Gasteiger partial charge in [-0.05, 0) is 37.3 Å². The van der Waals surface area contributed by atoms with E-state index in [1.54, 1.807) is 4.90 Å². The summed E-state index contributed by atoms with van der Waals surface area (Å²) >= 11 is 0. The van der Waals surface area contributed by atoms with Crippen LogP contribution in [0.3, 0.4) is 0 Å². The second-order valence-electron chi connectivity index (χ2n) is 5.79. The smallest absolute Gasteiger partial charge is 0.264 e. The Morgan fingerprint density at radius 2 is 1.38 bits per heavy atom. The summed E-state index contributed by atoms with van der Waals surface area (Å²) in [5, 5.41) is 0. The van der Waals surface area contributed by atoms with Crippen LogP contribution in [0.4, 0.5) is 11.4 Å². The van der Waals surface area contributed by atoms with Gasteiger partial charge >= 0.3 is 0 Å². The molecule has 3 nitrogen and oxygen atoms in total. The van der Waals surface area contributed by atoms with Crippen molar-refractivity contribution in [2.24, 2.45) is 4.99 Å². The van der Waals surface area contributed by atoms with Gasteiger partial charge in [0.05, 0.1) is 16.9 Å². The second kappa shape index (κ2) is 5.78. The highest BCUT2D eigenvalue weighted by Gasteiger charge is 2.34. The maximum absolute atomic E-state index is 12.9. The van der Waals surface area contributed by atoms with Crippen molar-refractivity contribution in [2.75, 3.05) is 4.90 Å². The zero-order valence-corrected chi connectivity index (χ0v) is 13.3. The van der Waals surface area contributed by atoms with Gasteiger partial charge in [0.1, 0.15) is 5.84 Å². The Hall–Kier alpha value is -3.20. The van der Waals surface area contributed by atoms with E-state index in [1.807, 2.05) is 85.8 Å². The molecule has 0 saturated carbocycles. The van der Waals surface area contributed by atoms with Crippen molar-refractivity contribution in [1.82, 2.24) is 0 Å². The van der Waals surface area contributed by atoms with Gasteiger partial charge in [0.25, 0.3) is 5.91 Å². The Morgan fingerprint density at radius 3 is 2.08 bits per heavy atom. The lowest BCUT2D eigenvalue weighted by Crippen LogP contribution is -2.30. The number of fused-ring (bicyclic) bond motifs is 1. The molecule has 1 aliphatic heterocycles. The predicted molar refractivity (Wildman–Crippen MR) is 97.1 cm³/mol. The van der Waals surface area contributed by atoms with Crippen LogP contribution in [-0.4, -0.2) is 11.7 Å². The molecule has 3 aromatic rings. The molecule has 0 aliphatic carbocycles. The third-order valence-corrected chi connectivity index (χ3v) is 4.10. The molecule has 3 aromatic carbocycles. The number of aryl methyl sites for hydroxylation is 1. The molecule has 1 amide bonds. The molecule has 0 saturated heterocycles. The average Bonchev–Trinajstić information content (AvgIpc) is 2.89. The van der Waals surface area contributed by atoms with E-state index in [1.165, 1.54) is 0 Å². The lowest BCUT2D eigenvalue weighted by atomic mass is 10.1. The van der Waals surface area contributed by atoms with Crippen LogP contribution in [0.2, 0.25) is 0 Å². The van der Waals surface area contributed by atoms with Gasteiger partial charge in [-0.2, -0.15) is 0 Å². The van der Waals surface area contributed by atoms with Crippen molar-refractivity contribution in [3.63, 3.8) is 0 Å². The number of hydrogen-bond acceptors (Lipinski definition) is 2. The minimum Gasteiger partial charge on any atom is -0.268 e. The van der Waals surface area contributed by atoms with E-state index in [9.17, 15) is 4.79 Å². The molecule has 1 heterocycles. The van der Waals surface area contributed by atoms with Gasteiger partial charge in [0.2, 0.25) is 0 Å². The van der Waals surface area contributed by atoms with Gasteiger partial charge in [-0.1, -0.05) is 54.1 Å². The fourth-order valence-corrected chi connectivity index (χ4v) is 2.87. The predicted octanol–water partition coefficient (Wildman–Crippen LogP) is 4.73. The normalized spacial score (nSPS) is 15.0. The Bertz CT molecular complexity index is 928. The number of rotatable bonds is 2. The summed E-state index contributed by atoms with van der Waals surface area (Å²) in [4.78, 5) is 19.4. The van der Waals surface area contributed by atoms with E-state index < -0.39 is 0 Å². The first-order valence-corrected chi connectivity index (χ1v) is 7.88. The summed E-state index contributed by atoms with van der Waals surface area (Å²) in [5.41, 5.74) is 4.37. The van der Waals surface area contributed by atoms with Crippen LogP contribution in [0.1, 0.15) is 21.5 Å². The fraction of sp³-hybridized carbons (Fsp3) is 0.0476. The summed E-state index contributed by atoms with van der Waals surface area (Å²) in [6.45, 7) is 2.03. The van der Waals surface area contributed by atoms with Gasteiger partial charge in [0.15, 0.2) is 0 Å². The maximum atomic E-state index is 12.9. The SMILES string of the molecule is Cc1ccc(N2C(=O)c3ccccc3C2=Nc2ccccc2)cc1. The number of carbonyl (C=O) groups excluding carboxylic acids is 1. The van der Waals surface area contributed by atoms with Crippen LogP contribution in [0, 0.1) is 6.92 Å². The molecular formula is C21H16N2O. The first-order chi connectivity index (χ1) is 11.7. The second-order valence-corrected chi connectivity index (χ2v) is 5.79. The summed E-state index contributed by atoms with van der Waals surface area (Å²) < 4.78 is 0. The lowest BCUT2D eigenvalue weighted by molar-refractivity contribution is 0.101. The largest absolute Gasteiger partial charge is 0.268 e. The molecule has 0 N–H and O–H groups in total. The highest BCUT2D eigenvalue weighted by atomic mass is 16.2. The number of carbonyl (C=O) groups is 1. The number of amidine groups is 1. The van der Waals surface area contributed by atoms with Crippen molar-refractivity contribution >= 4 is 23.1 Å².